The van der Waals surface area contributed by atoms with Gasteiger partial charge in [-0.2, -0.15) is 0 Å². The summed E-state index contributed by atoms with van der Waals surface area (Å²) >= 11 is 3.11. The van der Waals surface area contributed by atoms with Gasteiger partial charge in [-0.05, 0) is 24.3 Å². The first-order valence-electron chi connectivity index (χ1n) is 9.93. The molecule has 0 aliphatic rings. The third kappa shape index (κ3) is 4.92. The molecule has 0 fully saturated rings. The van der Waals surface area contributed by atoms with Crippen LogP contribution in [0.2, 0.25) is 0 Å². The van der Waals surface area contributed by atoms with Crippen molar-refractivity contribution in [3.05, 3.63) is 97.1 Å². The van der Waals surface area contributed by atoms with Gasteiger partial charge >= 0.3 is 17.1 Å². The topological polar surface area (TPSA) is 71.9 Å². The van der Waals surface area contributed by atoms with Crippen molar-refractivity contribution < 1.29 is 27.3 Å². The summed E-state index contributed by atoms with van der Waals surface area (Å²) in [5.74, 6) is 0.0584. The van der Waals surface area contributed by atoms with Crippen LogP contribution < -0.4 is 10.2 Å². The minimum Gasteiger partial charge on any atom is -0.872 e. The van der Waals surface area contributed by atoms with Crippen molar-refractivity contribution in [2.45, 2.75) is 0 Å². The molecular formula is C26H16CuN2O2S2. The van der Waals surface area contributed by atoms with Crippen LogP contribution in [-0.4, -0.2) is 9.97 Å². The maximum Gasteiger partial charge on any atom is 2.00 e. The molecule has 1 radical (unpaired) electrons. The van der Waals surface area contributed by atoms with E-state index in [4.69, 9.17) is 0 Å². The molecule has 2 aromatic heterocycles. The van der Waals surface area contributed by atoms with Crippen LogP contribution in [0.5, 0.6) is 11.5 Å². The Labute approximate surface area is 209 Å². The molecule has 0 amide bonds. The van der Waals surface area contributed by atoms with Gasteiger partial charge in [-0.1, -0.05) is 84.3 Å². The summed E-state index contributed by atoms with van der Waals surface area (Å²) in [6, 6.07) is 29.8. The Hall–Kier alpha value is -3.22. The Bertz CT molecular complexity index is 1350. The van der Waals surface area contributed by atoms with Crippen LogP contribution >= 0.6 is 22.7 Å². The molecule has 0 spiro atoms. The van der Waals surface area contributed by atoms with Gasteiger partial charge in [-0.15, -0.1) is 22.7 Å². The van der Waals surface area contributed by atoms with Crippen molar-refractivity contribution in [1.29, 1.82) is 0 Å². The van der Waals surface area contributed by atoms with E-state index in [1.165, 1.54) is 0 Å². The van der Waals surface area contributed by atoms with Gasteiger partial charge in [0.1, 0.15) is 10.0 Å². The van der Waals surface area contributed by atoms with Crippen LogP contribution in [-0.2, 0) is 17.1 Å². The molecule has 0 saturated heterocycles. The quantitative estimate of drug-likeness (QED) is 0.262. The fraction of sp³-hybridized carbons (Fsp3) is 0. The molecule has 2 heterocycles. The Kier molecular flexibility index (Phi) is 7.06. The molecule has 0 saturated carbocycles. The molecule has 0 bridgehead atoms. The van der Waals surface area contributed by atoms with E-state index in [1.54, 1.807) is 46.9 Å². The van der Waals surface area contributed by atoms with Gasteiger partial charge in [-0.3, -0.25) is 0 Å². The van der Waals surface area contributed by atoms with E-state index in [9.17, 15) is 10.2 Å². The average Bonchev–Trinajstić information content (AvgIpc) is 3.44. The van der Waals surface area contributed by atoms with Crippen molar-refractivity contribution >= 4 is 43.1 Å². The first-order chi connectivity index (χ1) is 15.7. The van der Waals surface area contributed by atoms with Gasteiger partial charge in [0.05, 0.1) is 20.4 Å². The fourth-order valence-corrected chi connectivity index (χ4v) is 5.25. The van der Waals surface area contributed by atoms with E-state index < -0.39 is 0 Å². The first kappa shape index (κ1) is 23.0. The number of aromatic nitrogens is 2. The maximum absolute atomic E-state index is 11.7. The SMILES string of the molecule is [Cu+2].[O-]c1ccccc1-c1nc2ccccc2s1.[O-]c1ccccc1-c1nc2ccccc2s1. The van der Waals surface area contributed by atoms with Gasteiger partial charge in [0.15, 0.2) is 0 Å². The standard InChI is InChI=1S/2C13H9NOS.Cu/c2*15-11-7-3-1-5-9(11)13-14-10-6-2-4-8-12(10)16-13;/h2*1-8,15H;/q;;+2/p-2. The molecule has 0 atom stereocenters. The molecule has 33 heavy (non-hydrogen) atoms. The number of benzene rings is 4. The van der Waals surface area contributed by atoms with Crippen LogP contribution in [0.15, 0.2) is 97.1 Å². The normalized spacial score (nSPS) is 10.4. The Morgan fingerprint density at radius 3 is 1.24 bits per heavy atom. The smallest absolute Gasteiger partial charge is 0.872 e. The summed E-state index contributed by atoms with van der Waals surface area (Å²) < 4.78 is 2.22. The molecule has 6 aromatic rings. The van der Waals surface area contributed by atoms with Crippen molar-refractivity contribution in [2.75, 3.05) is 0 Å². The zero-order valence-electron chi connectivity index (χ0n) is 17.1. The fourth-order valence-electron chi connectivity index (χ4n) is 3.26. The third-order valence-electron chi connectivity index (χ3n) is 4.82. The van der Waals surface area contributed by atoms with Crippen molar-refractivity contribution in [2.24, 2.45) is 0 Å². The molecule has 6 rings (SSSR count). The van der Waals surface area contributed by atoms with Crippen LogP contribution in [0, 0.1) is 0 Å². The second-order valence-electron chi connectivity index (χ2n) is 6.97. The zero-order chi connectivity index (χ0) is 21.9. The Morgan fingerprint density at radius 2 is 0.848 bits per heavy atom. The number of thiazole rings is 2. The monoisotopic (exact) mass is 515 g/mol. The average molecular weight is 516 g/mol. The molecule has 0 unspecified atom stereocenters. The Morgan fingerprint density at radius 1 is 0.485 bits per heavy atom. The predicted molar refractivity (Wildman–Crippen MR) is 129 cm³/mol. The van der Waals surface area contributed by atoms with Gasteiger partial charge in [0, 0.05) is 11.1 Å². The summed E-state index contributed by atoms with van der Waals surface area (Å²) in [5.41, 5.74) is 3.27. The summed E-state index contributed by atoms with van der Waals surface area (Å²) in [7, 11) is 0. The first-order valence-corrected chi connectivity index (χ1v) is 11.6. The summed E-state index contributed by atoms with van der Waals surface area (Å²) in [6.07, 6.45) is 0. The number of para-hydroxylation sites is 4. The van der Waals surface area contributed by atoms with Crippen LogP contribution in [0.3, 0.4) is 0 Å². The van der Waals surface area contributed by atoms with E-state index in [2.05, 4.69) is 9.97 Å². The maximum atomic E-state index is 11.7. The molecular weight excluding hydrogens is 500 g/mol. The molecule has 4 nitrogen and oxygen atoms in total. The minimum atomic E-state index is 0. The predicted octanol–water partition coefficient (Wildman–Crippen LogP) is 6.07. The van der Waals surface area contributed by atoms with Crippen LogP contribution in [0.25, 0.3) is 41.6 Å². The number of rotatable bonds is 2. The van der Waals surface area contributed by atoms with E-state index in [1.807, 2.05) is 72.8 Å². The van der Waals surface area contributed by atoms with Gasteiger partial charge < -0.3 is 10.2 Å². The molecule has 165 valence electrons. The number of fused-ring (bicyclic) bond motifs is 2. The largest absolute Gasteiger partial charge is 2.00 e. The van der Waals surface area contributed by atoms with Crippen molar-refractivity contribution in [3.8, 4) is 32.6 Å². The minimum absolute atomic E-state index is 0. The van der Waals surface area contributed by atoms with E-state index in [-0.39, 0.29) is 28.6 Å². The van der Waals surface area contributed by atoms with Gasteiger partial charge in [0.25, 0.3) is 0 Å². The molecule has 0 aliphatic heterocycles. The Balaban J connectivity index is 0.000000152. The summed E-state index contributed by atoms with van der Waals surface area (Å²) in [5, 5.41) is 24.9. The third-order valence-corrected chi connectivity index (χ3v) is 6.96. The zero-order valence-corrected chi connectivity index (χ0v) is 19.6. The van der Waals surface area contributed by atoms with Gasteiger partial charge in [0.2, 0.25) is 0 Å². The van der Waals surface area contributed by atoms with E-state index in [0.29, 0.717) is 11.1 Å². The summed E-state index contributed by atoms with van der Waals surface area (Å²) in [6.45, 7) is 0. The second kappa shape index (κ2) is 10.1. The van der Waals surface area contributed by atoms with Crippen molar-refractivity contribution in [1.82, 2.24) is 9.97 Å². The second-order valence-corrected chi connectivity index (χ2v) is 9.03. The number of hydrogen-bond acceptors (Lipinski definition) is 6. The molecule has 0 aliphatic carbocycles. The van der Waals surface area contributed by atoms with Crippen LogP contribution in [0.4, 0.5) is 0 Å². The molecule has 7 heteroatoms. The molecule has 0 N–H and O–H groups in total. The van der Waals surface area contributed by atoms with Crippen LogP contribution in [0.1, 0.15) is 0 Å². The van der Waals surface area contributed by atoms with E-state index >= 15 is 0 Å². The van der Waals surface area contributed by atoms with Gasteiger partial charge in [-0.25, -0.2) is 9.97 Å². The molecule has 4 aromatic carbocycles. The summed E-state index contributed by atoms with van der Waals surface area (Å²) in [4.78, 5) is 8.92. The number of nitrogens with zero attached hydrogens (tertiary/aromatic N) is 2. The van der Waals surface area contributed by atoms with E-state index in [0.717, 1.165) is 30.4 Å². The number of hydrogen-bond donors (Lipinski definition) is 0. The van der Waals surface area contributed by atoms with Crippen molar-refractivity contribution in [3.63, 3.8) is 0 Å².